The van der Waals surface area contributed by atoms with Crippen LogP contribution < -0.4 is 0 Å². The van der Waals surface area contributed by atoms with E-state index < -0.39 is 0 Å². The first-order chi connectivity index (χ1) is 8.77. The first-order valence-electron chi connectivity index (χ1n) is 5.35. The maximum Gasteiger partial charge on any atom is 0.213 e. The highest BCUT2D eigenvalue weighted by Gasteiger charge is 2.16. The molecule has 0 atom stereocenters. The van der Waals surface area contributed by atoms with Crippen LogP contribution in [0.3, 0.4) is 0 Å². The maximum atomic E-state index is 12.3. The molecule has 0 saturated carbocycles. The van der Waals surface area contributed by atoms with Gasteiger partial charge in [-0.25, -0.2) is 9.97 Å². The van der Waals surface area contributed by atoms with Crippen molar-refractivity contribution in [2.45, 2.75) is 0 Å². The van der Waals surface area contributed by atoms with Crippen molar-refractivity contribution in [2.24, 2.45) is 7.05 Å². The van der Waals surface area contributed by atoms with Crippen LogP contribution in [0.25, 0.3) is 11.0 Å². The van der Waals surface area contributed by atoms with Crippen molar-refractivity contribution in [3.63, 3.8) is 0 Å². The van der Waals surface area contributed by atoms with Gasteiger partial charge in [0.2, 0.25) is 5.78 Å². The van der Waals surface area contributed by atoms with E-state index in [0.717, 1.165) is 0 Å². The molecule has 0 saturated heterocycles. The summed E-state index contributed by atoms with van der Waals surface area (Å²) in [5.74, 6) is -0.177. The minimum absolute atomic E-state index is 0.177. The van der Waals surface area contributed by atoms with Gasteiger partial charge in [-0.1, -0.05) is 0 Å². The molecule has 0 unspecified atom stereocenters. The van der Waals surface area contributed by atoms with Crippen LogP contribution >= 0.6 is 0 Å². The summed E-state index contributed by atoms with van der Waals surface area (Å²) in [5, 5.41) is 4.73. The summed E-state index contributed by atoms with van der Waals surface area (Å²) in [4.78, 5) is 24.4. The Bertz CT molecular complexity index is 720. The number of carbonyl (C=O) groups excluding carboxylic acids is 1. The van der Waals surface area contributed by atoms with Crippen LogP contribution in [-0.4, -0.2) is 30.5 Å². The van der Waals surface area contributed by atoms with E-state index in [4.69, 9.17) is 0 Å². The summed E-state index contributed by atoms with van der Waals surface area (Å²) in [6.07, 6.45) is 6.11. The minimum atomic E-state index is -0.177. The summed E-state index contributed by atoms with van der Waals surface area (Å²) in [6, 6.07) is 3.43. The van der Waals surface area contributed by atoms with Crippen LogP contribution in [-0.2, 0) is 7.05 Å². The SMILES string of the molecule is Cn1ncc2c(C(=O)c3cccnc3)ncnc21. The van der Waals surface area contributed by atoms with Crippen molar-refractivity contribution in [1.29, 1.82) is 0 Å². The van der Waals surface area contributed by atoms with Crippen LogP contribution in [0.5, 0.6) is 0 Å². The number of aromatic nitrogens is 5. The van der Waals surface area contributed by atoms with Crippen LogP contribution in [0.4, 0.5) is 0 Å². The summed E-state index contributed by atoms with van der Waals surface area (Å²) < 4.78 is 1.61. The van der Waals surface area contributed by atoms with Gasteiger partial charge in [0.15, 0.2) is 5.65 Å². The molecule has 88 valence electrons. The molecule has 0 amide bonds. The Morgan fingerprint density at radius 1 is 1.28 bits per heavy atom. The fourth-order valence-electron chi connectivity index (χ4n) is 1.78. The van der Waals surface area contributed by atoms with Crippen LogP contribution in [0.1, 0.15) is 16.1 Å². The van der Waals surface area contributed by atoms with Crippen molar-refractivity contribution in [1.82, 2.24) is 24.7 Å². The lowest BCUT2D eigenvalue weighted by molar-refractivity contribution is 0.103. The summed E-state index contributed by atoms with van der Waals surface area (Å²) >= 11 is 0. The molecule has 3 rings (SSSR count). The first-order valence-corrected chi connectivity index (χ1v) is 5.35. The zero-order chi connectivity index (χ0) is 12.5. The fraction of sp³-hybridized carbons (Fsp3) is 0.0833. The number of rotatable bonds is 2. The summed E-state index contributed by atoms with van der Waals surface area (Å²) in [5.41, 5.74) is 1.49. The Labute approximate surface area is 102 Å². The second-order valence-corrected chi connectivity index (χ2v) is 3.80. The van der Waals surface area contributed by atoms with Gasteiger partial charge in [-0.3, -0.25) is 14.5 Å². The number of nitrogens with zero attached hydrogens (tertiary/aromatic N) is 5. The second kappa shape index (κ2) is 3.99. The van der Waals surface area contributed by atoms with Gasteiger partial charge >= 0.3 is 0 Å². The lowest BCUT2D eigenvalue weighted by Gasteiger charge is -2.00. The number of pyridine rings is 1. The molecule has 0 fully saturated rings. The second-order valence-electron chi connectivity index (χ2n) is 3.80. The topological polar surface area (TPSA) is 73.6 Å². The molecule has 6 nitrogen and oxygen atoms in total. The molecule has 3 heterocycles. The van der Waals surface area contributed by atoms with Crippen molar-refractivity contribution < 1.29 is 4.79 Å². The van der Waals surface area contributed by atoms with Crippen LogP contribution in [0, 0.1) is 0 Å². The van der Waals surface area contributed by atoms with E-state index in [1.165, 1.54) is 12.5 Å². The molecule has 0 spiro atoms. The zero-order valence-electron chi connectivity index (χ0n) is 9.61. The largest absolute Gasteiger partial charge is 0.287 e. The third-order valence-electron chi connectivity index (χ3n) is 2.67. The Balaban J connectivity index is 2.18. The van der Waals surface area contributed by atoms with Crippen molar-refractivity contribution >= 4 is 16.8 Å². The van der Waals surface area contributed by atoms with E-state index in [0.29, 0.717) is 22.3 Å². The third-order valence-corrected chi connectivity index (χ3v) is 2.67. The minimum Gasteiger partial charge on any atom is -0.287 e. The first kappa shape index (κ1) is 10.5. The predicted molar refractivity (Wildman–Crippen MR) is 64.0 cm³/mol. The number of hydrogen-bond donors (Lipinski definition) is 0. The van der Waals surface area contributed by atoms with Crippen LogP contribution in [0.15, 0.2) is 37.1 Å². The van der Waals surface area contributed by atoms with Gasteiger partial charge in [0.1, 0.15) is 12.0 Å². The highest BCUT2D eigenvalue weighted by molar-refractivity contribution is 6.13. The molecule has 0 aromatic carbocycles. The van der Waals surface area contributed by atoms with Gasteiger partial charge in [0.05, 0.1) is 11.6 Å². The monoisotopic (exact) mass is 239 g/mol. The molecular formula is C12H9N5O. The van der Waals surface area contributed by atoms with Crippen LogP contribution in [0.2, 0.25) is 0 Å². The average Bonchev–Trinajstić information content (AvgIpc) is 2.81. The molecule has 0 aliphatic carbocycles. The molecule has 0 aliphatic rings. The predicted octanol–water partition coefficient (Wildman–Crippen LogP) is 0.989. The normalized spacial score (nSPS) is 10.7. The molecule has 0 aliphatic heterocycles. The number of carbonyl (C=O) groups is 1. The number of fused-ring (bicyclic) bond motifs is 1. The zero-order valence-corrected chi connectivity index (χ0v) is 9.61. The lowest BCUT2D eigenvalue weighted by Crippen LogP contribution is -2.06. The quantitative estimate of drug-likeness (QED) is 0.623. The van der Waals surface area contributed by atoms with Gasteiger partial charge < -0.3 is 0 Å². The molecule has 0 bridgehead atoms. The molecule has 3 aromatic heterocycles. The highest BCUT2D eigenvalue weighted by Crippen LogP contribution is 2.16. The molecule has 18 heavy (non-hydrogen) atoms. The number of hydrogen-bond acceptors (Lipinski definition) is 5. The Morgan fingerprint density at radius 3 is 2.94 bits per heavy atom. The van der Waals surface area contributed by atoms with Crippen molar-refractivity contribution in [2.75, 3.05) is 0 Å². The third kappa shape index (κ3) is 1.55. The maximum absolute atomic E-state index is 12.3. The summed E-state index contributed by atoms with van der Waals surface area (Å²) in [7, 11) is 1.77. The van der Waals surface area contributed by atoms with E-state index in [1.807, 2.05) is 0 Å². The number of ketones is 1. The smallest absolute Gasteiger partial charge is 0.213 e. The average molecular weight is 239 g/mol. The van der Waals surface area contributed by atoms with E-state index in [-0.39, 0.29) is 5.78 Å². The fourth-order valence-corrected chi connectivity index (χ4v) is 1.78. The molecule has 6 heteroatoms. The Morgan fingerprint density at radius 2 is 2.17 bits per heavy atom. The van der Waals surface area contributed by atoms with Gasteiger partial charge in [0, 0.05) is 25.0 Å². The molecule has 0 N–H and O–H groups in total. The Hall–Kier alpha value is -2.63. The van der Waals surface area contributed by atoms with Gasteiger partial charge in [-0.05, 0) is 12.1 Å². The summed E-state index contributed by atoms with van der Waals surface area (Å²) in [6.45, 7) is 0. The van der Waals surface area contributed by atoms with E-state index in [9.17, 15) is 4.79 Å². The van der Waals surface area contributed by atoms with E-state index >= 15 is 0 Å². The highest BCUT2D eigenvalue weighted by atomic mass is 16.1. The van der Waals surface area contributed by atoms with Gasteiger partial charge in [-0.2, -0.15) is 5.10 Å². The van der Waals surface area contributed by atoms with Crippen molar-refractivity contribution in [3.8, 4) is 0 Å². The lowest BCUT2D eigenvalue weighted by atomic mass is 10.1. The molecule has 3 aromatic rings. The van der Waals surface area contributed by atoms with E-state index in [2.05, 4.69) is 20.1 Å². The standard InChI is InChI=1S/C12H9N5O/c1-17-12-9(6-16-17)10(14-7-15-12)11(18)8-3-2-4-13-5-8/h2-7H,1H3. The van der Waals surface area contributed by atoms with Gasteiger partial charge in [-0.15, -0.1) is 0 Å². The van der Waals surface area contributed by atoms with E-state index in [1.54, 1.807) is 36.3 Å². The number of aryl methyl sites for hydroxylation is 1. The Kier molecular flexibility index (Phi) is 2.33. The van der Waals surface area contributed by atoms with Gasteiger partial charge in [0.25, 0.3) is 0 Å². The molecule has 0 radical (unpaired) electrons. The molecular weight excluding hydrogens is 230 g/mol. The van der Waals surface area contributed by atoms with Crippen molar-refractivity contribution in [3.05, 3.63) is 48.3 Å².